The maximum Gasteiger partial charge on any atom is 0.254 e. The number of carbonyl (C=O) groups is 1. The quantitative estimate of drug-likeness (QED) is 0.753. The third-order valence-electron chi connectivity index (χ3n) is 4.46. The van der Waals surface area contributed by atoms with E-state index in [9.17, 15) is 9.59 Å². The first-order chi connectivity index (χ1) is 13.1. The average Bonchev–Trinajstić information content (AvgIpc) is 2.69. The maximum atomic E-state index is 12.6. The predicted molar refractivity (Wildman–Crippen MR) is 100 cm³/mol. The molecule has 1 aliphatic heterocycles. The van der Waals surface area contributed by atoms with Gasteiger partial charge in [0.15, 0.2) is 0 Å². The van der Waals surface area contributed by atoms with Crippen LogP contribution in [-0.2, 0) is 6.54 Å². The summed E-state index contributed by atoms with van der Waals surface area (Å²) in [6.07, 6.45) is 4.49. The van der Waals surface area contributed by atoms with Crippen LogP contribution in [0.3, 0.4) is 0 Å². The summed E-state index contributed by atoms with van der Waals surface area (Å²) in [6, 6.07) is 9.54. The Labute approximate surface area is 160 Å². The zero-order valence-corrected chi connectivity index (χ0v) is 15.1. The Morgan fingerprint density at radius 3 is 2.89 bits per heavy atom. The van der Waals surface area contributed by atoms with E-state index in [2.05, 4.69) is 20.3 Å². The molecule has 7 nitrogen and oxygen atoms in total. The molecule has 4 rings (SSSR count). The highest BCUT2D eigenvalue weighted by molar-refractivity contribution is 6.30. The summed E-state index contributed by atoms with van der Waals surface area (Å²) < 4.78 is 1.61. The van der Waals surface area contributed by atoms with Crippen molar-refractivity contribution in [3.05, 3.63) is 75.7 Å². The zero-order chi connectivity index (χ0) is 18.8. The maximum absolute atomic E-state index is 12.6. The third kappa shape index (κ3) is 3.59. The Morgan fingerprint density at radius 1 is 1.22 bits per heavy atom. The van der Waals surface area contributed by atoms with Gasteiger partial charge in [-0.05, 0) is 37.1 Å². The van der Waals surface area contributed by atoms with E-state index in [0.717, 1.165) is 6.42 Å². The first-order valence-corrected chi connectivity index (χ1v) is 8.94. The van der Waals surface area contributed by atoms with Gasteiger partial charge >= 0.3 is 0 Å². The van der Waals surface area contributed by atoms with Crippen LogP contribution < -0.4 is 10.9 Å². The molecule has 1 N–H and O–H groups in total. The van der Waals surface area contributed by atoms with E-state index >= 15 is 0 Å². The second-order valence-electron chi connectivity index (χ2n) is 6.26. The molecule has 1 aromatic carbocycles. The van der Waals surface area contributed by atoms with Crippen molar-refractivity contribution in [2.45, 2.75) is 25.4 Å². The second kappa shape index (κ2) is 7.28. The van der Waals surface area contributed by atoms with Gasteiger partial charge in [-0.3, -0.25) is 14.2 Å². The lowest BCUT2D eigenvalue weighted by molar-refractivity contribution is 0.0927. The molecule has 0 fully saturated rings. The van der Waals surface area contributed by atoms with Gasteiger partial charge in [-0.1, -0.05) is 17.7 Å². The fourth-order valence-electron chi connectivity index (χ4n) is 3.18. The lowest BCUT2D eigenvalue weighted by Gasteiger charge is -2.27. The molecule has 3 aromatic rings. The first-order valence-electron chi connectivity index (χ1n) is 8.56. The highest BCUT2D eigenvalue weighted by atomic mass is 35.5. The molecule has 3 heterocycles. The van der Waals surface area contributed by atoms with Crippen molar-refractivity contribution in [3.8, 4) is 11.4 Å². The summed E-state index contributed by atoms with van der Waals surface area (Å²) in [7, 11) is 0. The SMILES string of the molecule is O=C(NC1CCCn2c1nc(-c1ccncn1)cc2=O)c1cccc(Cl)c1. The van der Waals surface area contributed by atoms with Gasteiger partial charge in [0.25, 0.3) is 11.5 Å². The fourth-order valence-corrected chi connectivity index (χ4v) is 3.37. The van der Waals surface area contributed by atoms with Crippen LogP contribution in [-0.4, -0.2) is 25.4 Å². The van der Waals surface area contributed by atoms with E-state index in [0.29, 0.717) is 40.8 Å². The molecule has 8 heteroatoms. The molecule has 27 heavy (non-hydrogen) atoms. The minimum absolute atomic E-state index is 0.157. The van der Waals surface area contributed by atoms with Crippen molar-refractivity contribution in [3.63, 3.8) is 0 Å². The highest BCUT2D eigenvalue weighted by Gasteiger charge is 2.25. The number of carbonyl (C=O) groups excluding carboxylic acids is 1. The number of rotatable bonds is 3. The molecule has 0 bridgehead atoms. The normalized spacial score (nSPS) is 15.8. The Hall–Kier alpha value is -3.06. The van der Waals surface area contributed by atoms with Crippen LogP contribution in [0.2, 0.25) is 5.02 Å². The number of nitrogens with one attached hydrogen (secondary N) is 1. The summed E-state index contributed by atoms with van der Waals surface area (Å²) in [6.45, 7) is 0.578. The van der Waals surface area contributed by atoms with Gasteiger partial charge in [0.1, 0.15) is 12.2 Å². The molecule has 1 aliphatic rings. The molecule has 0 radical (unpaired) electrons. The van der Waals surface area contributed by atoms with E-state index in [1.165, 1.54) is 12.4 Å². The number of benzene rings is 1. The monoisotopic (exact) mass is 381 g/mol. The predicted octanol–water partition coefficient (Wildman–Crippen LogP) is 2.62. The third-order valence-corrected chi connectivity index (χ3v) is 4.70. The minimum Gasteiger partial charge on any atom is -0.342 e. The van der Waals surface area contributed by atoms with Gasteiger partial charge in [-0.25, -0.2) is 15.0 Å². The Bertz CT molecular complexity index is 1050. The Kier molecular flexibility index (Phi) is 4.68. The number of amides is 1. The molecular formula is C19H16ClN5O2. The van der Waals surface area contributed by atoms with Crippen molar-refractivity contribution in [1.82, 2.24) is 24.8 Å². The molecule has 0 saturated heterocycles. The van der Waals surface area contributed by atoms with Crippen molar-refractivity contribution in [2.75, 3.05) is 0 Å². The van der Waals surface area contributed by atoms with Crippen LogP contribution in [0.25, 0.3) is 11.4 Å². The topological polar surface area (TPSA) is 89.8 Å². The lowest BCUT2D eigenvalue weighted by atomic mass is 10.0. The van der Waals surface area contributed by atoms with Crippen LogP contribution in [0.4, 0.5) is 0 Å². The molecule has 1 atom stereocenters. The Morgan fingerprint density at radius 2 is 2.11 bits per heavy atom. The fraction of sp³-hybridized carbons (Fsp3) is 0.211. The largest absolute Gasteiger partial charge is 0.342 e. The van der Waals surface area contributed by atoms with E-state index in [1.54, 1.807) is 41.1 Å². The molecule has 0 saturated carbocycles. The molecule has 0 spiro atoms. The summed E-state index contributed by atoms with van der Waals surface area (Å²) in [5.41, 5.74) is 1.35. The minimum atomic E-state index is -0.361. The van der Waals surface area contributed by atoms with Gasteiger partial charge in [-0.15, -0.1) is 0 Å². The van der Waals surface area contributed by atoms with Crippen molar-refractivity contribution in [2.24, 2.45) is 0 Å². The van der Waals surface area contributed by atoms with Crippen molar-refractivity contribution in [1.29, 1.82) is 0 Å². The average molecular weight is 382 g/mol. The second-order valence-corrected chi connectivity index (χ2v) is 6.70. The molecule has 1 unspecified atom stereocenters. The van der Waals surface area contributed by atoms with Gasteiger partial charge in [0, 0.05) is 29.4 Å². The number of hydrogen-bond donors (Lipinski definition) is 1. The van der Waals surface area contributed by atoms with Crippen LogP contribution >= 0.6 is 11.6 Å². The molecule has 136 valence electrons. The highest BCUT2D eigenvalue weighted by Crippen LogP contribution is 2.24. The van der Waals surface area contributed by atoms with Crippen LogP contribution in [0.5, 0.6) is 0 Å². The molecule has 1 amide bonds. The van der Waals surface area contributed by atoms with E-state index in [4.69, 9.17) is 11.6 Å². The molecule has 2 aromatic heterocycles. The molecular weight excluding hydrogens is 366 g/mol. The van der Waals surface area contributed by atoms with E-state index in [1.807, 2.05) is 0 Å². The lowest BCUT2D eigenvalue weighted by Crippen LogP contribution is -2.38. The van der Waals surface area contributed by atoms with E-state index < -0.39 is 0 Å². The smallest absolute Gasteiger partial charge is 0.254 e. The summed E-state index contributed by atoms with van der Waals surface area (Å²) in [4.78, 5) is 37.8. The van der Waals surface area contributed by atoms with Crippen molar-refractivity contribution >= 4 is 17.5 Å². The van der Waals surface area contributed by atoms with Crippen molar-refractivity contribution < 1.29 is 4.79 Å². The van der Waals surface area contributed by atoms with Crippen LogP contribution in [0.1, 0.15) is 35.1 Å². The number of nitrogens with zero attached hydrogens (tertiary/aromatic N) is 4. The zero-order valence-electron chi connectivity index (χ0n) is 14.3. The molecule has 0 aliphatic carbocycles. The van der Waals surface area contributed by atoms with Crippen LogP contribution in [0.15, 0.2) is 53.7 Å². The number of aromatic nitrogens is 4. The Balaban J connectivity index is 1.69. The summed E-state index contributed by atoms with van der Waals surface area (Å²) in [5.74, 6) is 0.287. The van der Waals surface area contributed by atoms with Gasteiger partial charge in [-0.2, -0.15) is 0 Å². The first kappa shape index (κ1) is 17.4. The van der Waals surface area contributed by atoms with Gasteiger partial charge in [0.2, 0.25) is 0 Å². The standard InChI is InChI=1S/C19H16ClN5O2/c20-13-4-1-3-12(9-13)19(27)24-15-5-2-8-25-17(26)10-16(23-18(15)25)14-6-7-21-11-22-14/h1,3-4,6-7,9-11,15H,2,5,8H2,(H,24,27). The number of hydrogen-bond acceptors (Lipinski definition) is 5. The van der Waals surface area contributed by atoms with Gasteiger partial charge < -0.3 is 5.32 Å². The number of halogens is 1. The van der Waals surface area contributed by atoms with E-state index in [-0.39, 0.29) is 17.5 Å². The number of fused-ring (bicyclic) bond motifs is 1. The summed E-state index contributed by atoms with van der Waals surface area (Å²) in [5, 5.41) is 3.46. The van der Waals surface area contributed by atoms with Gasteiger partial charge in [0.05, 0.1) is 17.4 Å². The summed E-state index contributed by atoms with van der Waals surface area (Å²) >= 11 is 5.97. The van der Waals surface area contributed by atoms with Crippen LogP contribution in [0, 0.1) is 0 Å².